The zero-order valence-electron chi connectivity index (χ0n) is 9.96. The zero-order valence-corrected chi connectivity index (χ0v) is 13.1. The first-order valence-corrected chi connectivity index (χ1v) is 6.99. The summed E-state index contributed by atoms with van der Waals surface area (Å²) in [7, 11) is 0. The van der Waals surface area contributed by atoms with E-state index in [1.54, 1.807) is 6.07 Å². The molecule has 1 heterocycles. The molecule has 0 amide bonds. The molecule has 1 aromatic carbocycles. The molecule has 0 saturated carbocycles. The molecule has 0 fully saturated rings. The second-order valence-corrected chi connectivity index (χ2v) is 5.42. The number of rotatable bonds is 4. The normalized spacial score (nSPS) is 10.7. The average molecular weight is 400 g/mol. The largest absolute Gasteiger partial charge is 0.478 e. The van der Waals surface area contributed by atoms with Crippen molar-refractivity contribution in [2.45, 2.75) is 0 Å². The predicted molar refractivity (Wildman–Crippen MR) is 80.6 cm³/mol. The fourth-order valence-corrected chi connectivity index (χ4v) is 2.42. The Bertz CT molecular complexity index is 657. The minimum absolute atomic E-state index is 0.181. The summed E-state index contributed by atoms with van der Waals surface area (Å²) in [5, 5.41) is 8.52. The second kappa shape index (κ2) is 6.62. The van der Waals surface area contributed by atoms with Gasteiger partial charge in [0.25, 0.3) is 0 Å². The summed E-state index contributed by atoms with van der Waals surface area (Å²) in [5.41, 5.74) is 0.578. The highest BCUT2D eigenvalue weighted by molar-refractivity contribution is 9.11. The lowest BCUT2D eigenvalue weighted by Crippen LogP contribution is -1.93. The number of carboxylic acid groups (broad SMARTS) is 1. The van der Waals surface area contributed by atoms with Crippen LogP contribution in [0, 0.1) is 0 Å². The molecule has 5 nitrogen and oxygen atoms in total. The predicted octanol–water partition coefficient (Wildman–Crippen LogP) is 3.89. The monoisotopic (exact) mass is 398 g/mol. The van der Waals surface area contributed by atoms with E-state index in [0.29, 0.717) is 11.3 Å². The van der Waals surface area contributed by atoms with Gasteiger partial charge in [0.1, 0.15) is 5.75 Å². The maximum atomic E-state index is 10.4. The van der Waals surface area contributed by atoms with E-state index < -0.39 is 5.97 Å². The summed E-state index contributed by atoms with van der Waals surface area (Å²) in [6.07, 6.45) is 5.38. The van der Waals surface area contributed by atoms with Crippen molar-refractivity contribution in [1.29, 1.82) is 0 Å². The Hall–Kier alpha value is -1.73. The number of aliphatic carboxylic acids is 1. The molecule has 7 heteroatoms. The fraction of sp³-hybridized carbons (Fsp3) is 0. The highest BCUT2D eigenvalue weighted by Crippen LogP contribution is 2.30. The van der Waals surface area contributed by atoms with Crippen LogP contribution in [0.5, 0.6) is 11.8 Å². The summed E-state index contributed by atoms with van der Waals surface area (Å²) in [5.74, 6) is -0.439. The Morgan fingerprint density at radius 1 is 1.25 bits per heavy atom. The van der Waals surface area contributed by atoms with Gasteiger partial charge in [-0.05, 0) is 40.2 Å². The molecule has 0 aliphatic rings. The maximum Gasteiger partial charge on any atom is 0.328 e. The van der Waals surface area contributed by atoms with Crippen LogP contribution in [-0.4, -0.2) is 21.0 Å². The van der Waals surface area contributed by atoms with E-state index in [1.165, 1.54) is 18.5 Å². The Kier molecular flexibility index (Phi) is 4.86. The smallest absolute Gasteiger partial charge is 0.328 e. The van der Waals surface area contributed by atoms with Gasteiger partial charge in [-0.2, -0.15) is 0 Å². The number of nitrogens with zero attached hydrogens (tertiary/aromatic N) is 2. The van der Waals surface area contributed by atoms with E-state index in [1.807, 2.05) is 12.1 Å². The topological polar surface area (TPSA) is 72.3 Å². The van der Waals surface area contributed by atoms with Crippen LogP contribution in [0.1, 0.15) is 5.56 Å². The Balaban J connectivity index is 2.12. The third kappa shape index (κ3) is 4.14. The van der Waals surface area contributed by atoms with Crippen LogP contribution >= 0.6 is 31.9 Å². The minimum atomic E-state index is -1.02. The Labute approximate surface area is 131 Å². The van der Waals surface area contributed by atoms with Gasteiger partial charge in [-0.25, -0.2) is 14.8 Å². The number of benzene rings is 1. The van der Waals surface area contributed by atoms with Crippen molar-refractivity contribution in [2.24, 2.45) is 0 Å². The lowest BCUT2D eigenvalue weighted by atomic mass is 10.3. The molecule has 20 heavy (non-hydrogen) atoms. The van der Waals surface area contributed by atoms with Crippen LogP contribution in [0.15, 0.2) is 45.6 Å². The summed E-state index contributed by atoms with van der Waals surface area (Å²) >= 11 is 6.72. The number of carbonyl (C=O) groups is 1. The molecule has 0 atom stereocenters. The lowest BCUT2D eigenvalue weighted by Gasteiger charge is -2.06. The van der Waals surface area contributed by atoms with Gasteiger partial charge in [0, 0.05) is 28.5 Å². The third-order valence-electron chi connectivity index (χ3n) is 2.16. The van der Waals surface area contributed by atoms with Crippen molar-refractivity contribution in [2.75, 3.05) is 0 Å². The zero-order chi connectivity index (χ0) is 14.5. The van der Waals surface area contributed by atoms with Crippen molar-refractivity contribution in [3.63, 3.8) is 0 Å². The van der Waals surface area contributed by atoms with Gasteiger partial charge in [-0.15, -0.1) is 0 Å². The van der Waals surface area contributed by atoms with Gasteiger partial charge in [0.15, 0.2) is 0 Å². The Morgan fingerprint density at radius 3 is 2.55 bits per heavy atom. The van der Waals surface area contributed by atoms with E-state index in [4.69, 9.17) is 9.84 Å². The van der Waals surface area contributed by atoms with Gasteiger partial charge in [-0.3, -0.25) is 0 Å². The molecular formula is C13H8Br2N2O3. The first kappa shape index (κ1) is 14.7. The summed E-state index contributed by atoms with van der Waals surface area (Å²) in [6, 6.07) is 5.64. The summed E-state index contributed by atoms with van der Waals surface area (Å²) < 4.78 is 7.21. The molecule has 0 aliphatic carbocycles. The van der Waals surface area contributed by atoms with E-state index >= 15 is 0 Å². The molecule has 0 saturated heterocycles. The highest BCUT2D eigenvalue weighted by atomic mass is 79.9. The number of aromatic nitrogens is 2. The highest BCUT2D eigenvalue weighted by Gasteiger charge is 2.05. The molecule has 2 rings (SSSR count). The molecule has 0 radical (unpaired) electrons. The molecule has 1 aromatic heterocycles. The SMILES string of the molecule is O=C(O)/C=C/c1cnc(Oc2ccc(Br)cc2Br)nc1. The van der Waals surface area contributed by atoms with E-state index in [2.05, 4.69) is 41.8 Å². The van der Waals surface area contributed by atoms with Crippen LogP contribution in [0.3, 0.4) is 0 Å². The second-order valence-electron chi connectivity index (χ2n) is 3.65. The van der Waals surface area contributed by atoms with E-state index in [-0.39, 0.29) is 6.01 Å². The minimum Gasteiger partial charge on any atom is -0.478 e. The third-order valence-corrected chi connectivity index (χ3v) is 3.27. The van der Waals surface area contributed by atoms with Crippen molar-refractivity contribution in [1.82, 2.24) is 9.97 Å². The molecule has 0 unspecified atom stereocenters. The summed E-state index contributed by atoms with van der Waals surface area (Å²) in [6.45, 7) is 0. The molecule has 0 spiro atoms. The van der Waals surface area contributed by atoms with Gasteiger partial charge in [-0.1, -0.05) is 15.9 Å². The first-order chi connectivity index (χ1) is 9.54. The fourth-order valence-electron chi connectivity index (χ4n) is 1.29. The lowest BCUT2D eigenvalue weighted by molar-refractivity contribution is -0.131. The van der Waals surface area contributed by atoms with Crippen molar-refractivity contribution in [3.8, 4) is 11.8 Å². The summed E-state index contributed by atoms with van der Waals surface area (Å²) in [4.78, 5) is 18.4. The molecule has 1 N–H and O–H groups in total. The van der Waals surface area contributed by atoms with Gasteiger partial charge in [0.05, 0.1) is 4.47 Å². The van der Waals surface area contributed by atoms with Gasteiger partial charge < -0.3 is 9.84 Å². The number of carboxylic acids is 1. The van der Waals surface area contributed by atoms with Crippen LogP contribution in [0.25, 0.3) is 6.08 Å². The molecular weight excluding hydrogens is 392 g/mol. The number of ether oxygens (including phenoxy) is 1. The Morgan fingerprint density at radius 2 is 1.95 bits per heavy atom. The van der Waals surface area contributed by atoms with Crippen molar-refractivity contribution < 1.29 is 14.6 Å². The van der Waals surface area contributed by atoms with Crippen molar-refractivity contribution >= 4 is 43.9 Å². The maximum absolute atomic E-state index is 10.4. The number of hydrogen-bond donors (Lipinski definition) is 1. The van der Waals surface area contributed by atoms with Crippen LogP contribution in [0.4, 0.5) is 0 Å². The quantitative estimate of drug-likeness (QED) is 0.789. The van der Waals surface area contributed by atoms with Crippen LogP contribution in [0.2, 0.25) is 0 Å². The standard InChI is InChI=1S/C13H8Br2N2O3/c14-9-2-3-11(10(15)5-9)20-13-16-6-8(7-17-13)1-4-12(18)19/h1-7H,(H,18,19)/b4-1+. The van der Waals surface area contributed by atoms with Crippen LogP contribution in [-0.2, 0) is 4.79 Å². The number of hydrogen-bond acceptors (Lipinski definition) is 4. The number of halogens is 2. The van der Waals surface area contributed by atoms with E-state index in [0.717, 1.165) is 15.0 Å². The van der Waals surface area contributed by atoms with Crippen molar-refractivity contribution in [3.05, 3.63) is 51.2 Å². The van der Waals surface area contributed by atoms with E-state index in [9.17, 15) is 4.79 Å². The molecule has 2 aromatic rings. The molecule has 0 bridgehead atoms. The first-order valence-electron chi connectivity index (χ1n) is 5.40. The van der Waals surface area contributed by atoms with Gasteiger partial charge >= 0.3 is 12.0 Å². The van der Waals surface area contributed by atoms with Crippen LogP contribution < -0.4 is 4.74 Å². The average Bonchev–Trinajstić information content (AvgIpc) is 2.41. The van der Waals surface area contributed by atoms with Gasteiger partial charge in [0.2, 0.25) is 0 Å². The molecule has 102 valence electrons. The molecule has 0 aliphatic heterocycles.